The summed E-state index contributed by atoms with van der Waals surface area (Å²) in [5.74, 6) is 0.499. The van der Waals surface area contributed by atoms with E-state index in [1.165, 1.54) is 25.7 Å². The van der Waals surface area contributed by atoms with Gasteiger partial charge in [-0.3, -0.25) is 9.59 Å². The predicted molar refractivity (Wildman–Crippen MR) is 112 cm³/mol. The third-order valence-electron chi connectivity index (χ3n) is 6.17. The Hall–Kier alpha value is -3.13. The summed E-state index contributed by atoms with van der Waals surface area (Å²) in [5, 5.41) is 11.7. The Bertz CT molecular complexity index is 926. The van der Waals surface area contributed by atoms with E-state index in [0.717, 1.165) is 19.4 Å². The zero-order valence-corrected chi connectivity index (χ0v) is 16.4. The molecule has 2 atom stereocenters. The fourth-order valence-electron chi connectivity index (χ4n) is 4.64. The molecule has 4 rings (SSSR count). The summed E-state index contributed by atoms with van der Waals surface area (Å²) in [6.07, 6.45) is 7.16. The molecule has 148 valence electrons. The molecule has 29 heavy (non-hydrogen) atoms. The van der Waals surface area contributed by atoms with Crippen molar-refractivity contribution >= 4 is 17.5 Å². The first-order valence-electron chi connectivity index (χ1n) is 10.4. The normalized spacial score (nSPS) is 21.0. The minimum absolute atomic E-state index is 0.0839. The second kappa shape index (κ2) is 8.48. The first-order chi connectivity index (χ1) is 14.2. The highest BCUT2D eigenvalue weighted by molar-refractivity contribution is 6.05. The van der Waals surface area contributed by atoms with Crippen LogP contribution >= 0.6 is 0 Å². The second-order valence-electron chi connectivity index (χ2n) is 7.97. The van der Waals surface area contributed by atoms with Crippen molar-refractivity contribution in [2.45, 2.75) is 44.6 Å². The van der Waals surface area contributed by atoms with E-state index in [0.29, 0.717) is 34.3 Å². The van der Waals surface area contributed by atoms with Crippen LogP contribution in [0.25, 0.3) is 0 Å². The van der Waals surface area contributed by atoms with E-state index in [9.17, 15) is 9.59 Å². The Balaban J connectivity index is 1.43. The minimum Gasteiger partial charge on any atom is -0.335 e. The molecule has 1 heterocycles. The monoisotopic (exact) mass is 387 g/mol. The Morgan fingerprint density at radius 2 is 1.55 bits per heavy atom. The van der Waals surface area contributed by atoms with Crippen LogP contribution < -0.4 is 5.32 Å². The number of likely N-dealkylation sites (tertiary alicyclic amines) is 1. The number of benzene rings is 2. The average molecular weight is 387 g/mol. The maximum Gasteiger partial charge on any atom is 0.255 e. The molecular formula is C24H25N3O2. The van der Waals surface area contributed by atoms with Gasteiger partial charge in [-0.2, -0.15) is 5.26 Å². The Labute approximate surface area is 171 Å². The lowest BCUT2D eigenvalue weighted by Gasteiger charge is -2.44. The number of nitrogens with zero attached hydrogens (tertiary/aromatic N) is 2. The van der Waals surface area contributed by atoms with E-state index >= 15 is 0 Å². The number of nitriles is 1. The fraction of sp³-hybridized carbons (Fsp3) is 0.375. The Morgan fingerprint density at radius 3 is 2.28 bits per heavy atom. The molecule has 2 amide bonds. The van der Waals surface area contributed by atoms with Gasteiger partial charge in [0.2, 0.25) is 0 Å². The third-order valence-corrected chi connectivity index (χ3v) is 6.17. The van der Waals surface area contributed by atoms with Crippen molar-refractivity contribution in [1.82, 2.24) is 4.90 Å². The van der Waals surface area contributed by atoms with Gasteiger partial charge in [-0.1, -0.05) is 12.8 Å². The van der Waals surface area contributed by atoms with E-state index in [1.54, 1.807) is 48.5 Å². The van der Waals surface area contributed by atoms with Crippen molar-refractivity contribution in [2.75, 3.05) is 11.9 Å². The van der Waals surface area contributed by atoms with Crippen LogP contribution in [0, 0.1) is 17.2 Å². The Morgan fingerprint density at radius 1 is 0.897 bits per heavy atom. The maximum absolute atomic E-state index is 13.1. The number of amides is 2. The molecule has 1 saturated heterocycles. The van der Waals surface area contributed by atoms with Gasteiger partial charge in [0, 0.05) is 29.4 Å². The first-order valence-corrected chi connectivity index (χ1v) is 10.4. The molecule has 5 nitrogen and oxygen atoms in total. The lowest BCUT2D eigenvalue weighted by atomic mass is 9.78. The molecule has 2 aromatic carbocycles. The van der Waals surface area contributed by atoms with Gasteiger partial charge in [-0.05, 0) is 80.1 Å². The summed E-state index contributed by atoms with van der Waals surface area (Å²) in [6, 6.07) is 16.1. The van der Waals surface area contributed by atoms with Crippen molar-refractivity contribution in [1.29, 1.82) is 5.26 Å². The van der Waals surface area contributed by atoms with Crippen LogP contribution in [0.4, 0.5) is 5.69 Å². The smallest absolute Gasteiger partial charge is 0.255 e. The zero-order valence-electron chi connectivity index (χ0n) is 16.4. The fourth-order valence-corrected chi connectivity index (χ4v) is 4.64. The molecule has 5 heteroatoms. The number of fused-ring (bicyclic) bond motifs is 1. The number of piperidine rings is 1. The first kappa shape index (κ1) is 19.2. The molecule has 2 aliphatic rings. The van der Waals surface area contributed by atoms with Crippen molar-refractivity contribution in [3.8, 4) is 6.07 Å². The SMILES string of the molecule is N#Cc1ccc(NC(=O)c2ccc(C(=O)N3CCC[C@@H]4CCCC[C@@H]43)cc2)cc1. The molecule has 1 N–H and O–H groups in total. The average Bonchev–Trinajstić information content (AvgIpc) is 2.79. The van der Waals surface area contributed by atoms with Crippen molar-refractivity contribution in [3.63, 3.8) is 0 Å². The molecule has 1 aliphatic heterocycles. The number of hydrogen-bond donors (Lipinski definition) is 1. The number of rotatable bonds is 3. The molecule has 0 unspecified atom stereocenters. The zero-order chi connectivity index (χ0) is 20.2. The van der Waals surface area contributed by atoms with Gasteiger partial charge in [-0.25, -0.2) is 0 Å². The van der Waals surface area contributed by atoms with Gasteiger partial charge in [0.25, 0.3) is 11.8 Å². The summed E-state index contributed by atoms with van der Waals surface area (Å²) < 4.78 is 0. The van der Waals surface area contributed by atoms with E-state index in [2.05, 4.69) is 16.3 Å². The quantitative estimate of drug-likeness (QED) is 0.836. The van der Waals surface area contributed by atoms with E-state index in [4.69, 9.17) is 5.26 Å². The number of nitrogens with one attached hydrogen (secondary N) is 1. The molecule has 0 aromatic heterocycles. The van der Waals surface area contributed by atoms with Gasteiger partial charge in [-0.15, -0.1) is 0 Å². The molecule has 2 aromatic rings. The highest BCUT2D eigenvalue weighted by Crippen LogP contribution is 2.35. The van der Waals surface area contributed by atoms with Crippen molar-refractivity contribution < 1.29 is 9.59 Å². The number of anilines is 1. The predicted octanol–water partition coefficient (Wildman–Crippen LogP) is 4.61. The van der Waals surface area contributed by atoms with Crippen LogP contribution in [0.3, 0.4) is 0 Å². The number of carbonyl (C=O) groups is 2. The van der Waals surface area contributed by atoms with Crippen LogP contribution in [0.1, 0.15) is 64.8 Å². The molecule has 2 fully saturated rings. The van der Waals surface area contributed by atoms with Gasteiger partial charge in [0.15, 0.2) is 0 Å². The van der Waals surface area contributed by atoms with Gasteiger partial charge < -0.3 is 10.2 Å². The molecule has 1 saturated carbocycles. The van der Waals surface area contributed by atoms with Crippen LogP contribution in [0.2, 0.25) is 0 Å². The van der Waals surface area contributed by atoms with E-state index in [-0.39, 0.29) is 11.8 Å². The van der Waals surface area contributed by atoms with Gasteiger partial charge in [0.1, 0.15) is 0 Å². The molecule has 1 aliphatic carbocycles. The summed E-state index contributed by atoms with van der Waals surface area (Å²) in [6.45, 7) is 0.834. The van der Waals surface area contributed by atoms with Crippen LogP contribution in [0.15, 0.2) is 48.5 Å². The number of carbonyl (C=O) groups excluding carboxylic acids is 2. The van der Waals surface area contributed by atoms with Crippen LogP contribution in [0.5, 0.6) is 0 Å². The van der Waals surface area contributed by atoms with E-state index in [1.807, 2.05) is 0 Å². The number of hydrogen-bond acceptors (Lipinski definition) is 3. The van der Waals surface area contributed by atoms with Crippen molar-refractivity contribution in [3.05, 3.63) is 65.2 Å². The van der Waals surface area contributed by atoms with Crippen LogP contribution in [-0.4, -0.2) is 29.3 Å². The molecule has 0 radical (unpaired) electrons. The highest BCUT2D eigenvalue weighted by atomic mass is 16.2. The van der Waals surface area contributed by atoms with E-state index < -0.39 is 0 Å². The van der Waals surface area contributed by atoms with Gasteiger partial charge in [0.05, 0.1) is 11.6 Å². The molecular weight excluding hydrogens is 362 g/mol. The topological polar surface area (TPSA) is 73.2 Å². The third kappa shape index (κ3) is 4.17. The summed E-state index contributed by atoms with van der Waals surface area (Å²) in [5.41, 5.74) is 2.32. The highest BCUT2D eigenvalue weighted by Gasteiger charge is 2.35. The largest absolute Gasteiger partial charge is 0.335 e. The minimum atomic E-state index is -0.237. The lowest BCUT2D eigenvalue weighted by molar-refractivity contribution is 0.0390. The molecule has 0 spiro atoms. The van der Waals surface area contributed by atoms with Crippen LogP contribution in [-0.2, 0) is 0 Å². The summed E-state index contributed by atoms with van der Waals surface area (Å²) in [7, 11) is 0. The summed E-state index contributed by atoms with van der Waals surface area (Å²) in [4.78, 5) is 27.6. The summed E-state index contributed by atoms with van der Waals surface area (Å²) >= 11 is 0. The maximum atomic E-state index is 13.1. The second-order valence-corrected chi connectivity index (χ2v) is 7.97. The molecule has 0 bridgehead atoms. The lowest BCUT2D eigenvalue weighted by Crippen LogP contribution is -2.49. The van der Waals surface area contributed by atoms with Crippen molar-refractivity contribution in [2.24, 2.45) is 5.92 Å². The standard InChI is InChI=1S/C24H25N3O2/c25-16-17-7-13-21(14-8-17)26-23(28)19-9-11-20(12-10-19)24(29)27-15-3-5-18-4-1-2-6-22(18)27/h7-14,18,22H,1-6,15H2,(H,26,28)/t18-,22-/m0/s1. The van der Waals surface area contributed by atoms with Gasteiger partial charge >= 0.3 is 0 Å². The Kier molecular flexibility index (Phi) is 5.62.